The van der Waals surface area contributed by atoms with E-state index in [1.165, 1.54) is 225 Å². The van der Waals surface area contributed by atoms with Crippen molar-refractivity contribution < 1.29 is 24.2 Å². The first-order chi connectivity index (χ1) is 32.1. The second-order valence-corrected chi connectivity index (χ2v) is 19.3. The van der Waals surface area contributed by atoms with Gasteiger partial charge in [-0.05, 0) is 38.5 Å². The summed E-state index contributed by atoms with van der Waals surface area (Å²) < 4.78 is 10.6. The molecular formula is C60H110O5. The first-order valence-electron chi connectivity index (χ1n) is 28.7. The molecule has 1 atom stereocenters. The van der Waals surface area contributed by atoms with Gasteiger partial charge in [0.25, 0.3) is 0 Å². The number of ether oxygens (including phenoxy) is 2. The minimum atomic E-state index is -0.809. The maximum Gasteiger partial charge on any atom is 0.306 e. The Morgan fingerprint density at radius 1 is 0.369 bits per heavy atom. The number of carbonyl (C=O) groups excluding carboxylic acids is 2. The monoisotopic (exact) mass is 911 g/mol. The number of hydrogen-bond acceptors (Lipinski definition) is 5. The maximum atomic E-state index is 12.2. The third-order valence-electron chi connectivity index (χ3n) is 12.9. The summed E-state index contributed by atoms with van der Waals surface area (Å²) in [6, 6.07) is 0. The van der Waals surface area contributed by atoms with Gasteiger partial charge < -0.3 is 14.6 Å². The molecule has 0 spiro atoms. The van der Waals surface area contributed by atoms with E-state index in [1.807, 2.05) is 12.2 Å². The van der Waals surface area contributed by atoms with Gasteiger partial charge in [0, 0.05) is 12.8 Å². The van der Waals surface area contributed by atoms with E-state index in [9.17, 15) is 14.7 Å². The minimum Gasteiger partial charge on any atom is -0.462 e. The van der Waals surface area contributed by atoms with Crippen LogP contribution in [0.2, 0.25) is 0 Å². The smallest absolute Gasteiger partial charge is 0.306 e. The fourth-order valence-corrected chi connectivity index (χ4v) is 8.63. The molecule has 0 aromatic rings. The minimum absolute atomic E-state index is 0.0925. The topological polar surface area (TPSA) is 72.8 Å². The van der Waals surface area contributed by atoms with Crippen LogP contribution in [0, 0.1) is 0 Å². The number of esters is 2. The first kappa shape index (κ1) is 62.9. The van der Waals surface area contributed by atoms with Crippen LogP contribution in [0.15, 0.2) is 48.6 Å². The quantitative estimate of drug-likeness (QED) is 0.0374. The molecule has 0 aliphatic rings. The fourth-order valence-electron chi connectivity index (χ4n) is 8.63. The number of unbranched alkanes of at least 4 members (excludes halogenated alkanes) is 37. The highest BCUT2D eigenvalue weighted by molar-refractivity contribution is 5.70. The van der Waals surface area contributed by atoms with E-state index in [-0.39, 0.29) is 31.6 Å². The van der Waals surface area contributed by atoms with Crippen molar-refractivity contribution in [2.75, 3.05) is 13.2 Å². The van der Waals surface area contributed by atoms with Gasteiger partial charge in [0.15, 0.2) is 6.10 Å². The van der Waals surface area contributed by atoms with E-state index in [0.717, 1.165) is 44.9 Å². The van der Waals surface area contributed by atoms with Crippen molar-refractivity contribution >= 4 is 11.9 Å². The molecule has 0 aromatic heterocycles. The number of hydrogen-bond donors (Lipinski definition) is 1. The maximum absolute atomic E-state index is 12.2. The zero-order valence-corrected chi connectivity index (χ0v) is 43.5. The van der Waals surface area contributed by atoms with Crippen LogP contribution in [0.25, 0.3) is 0 Å². The van der Waals surface area contributed by atoms with E-state index in [2.05, 4.69) is 50.3 Å². The summed E-state index contributed by atoms with van der Waals surface area (Å²) in [6.07, 6.45) is 74.3. The van der Waals surface area contributed by atoms with E-state index >= 15 is 0 Å². The van der Waals surface area contributed by atoms with Crippen LogP contribution in [0.1, 0.15) is 303 Å². The highest BCUT2D eigenvalue weighted by Crippen LogP contribution is 2.18. The van der Waals surface area contributed by atoms with Gasteiger partial charge in [-0.15, -0.1) is 0 Å². The Morgan fingerprint density at radius 2 is 0.662 bits per heavy atom. The van der Waals surface area contributed by atoms with Crippen LogP contribution in [0.4, 0.5) is 0 Å². The Kier molecular flexibility index (Phi) is 54.3. The predicted molar refractivity (Wildman–Crippen MR) is 284 cm³/mol. The number of allylic oxidation sites excluding steroid dienone is 8. The van der Waals surface area contributed by atoms with Gasteiger partial charge in [0.2, 0.25) is 0 Å². The van der Waals surface area contributed by atoms with Gasteiger partial charge in [0.05, 0.1) is 6.61 Å². The van der Waals surface area contributed by atoms with E-state index in [0.29, 0.717) is 12.8 Å². The molecule has 1 unspecified atom stereocenters. The molecule has 0 saturated heterocycles. The zero-order chi connectivity index (χ0) is 47.0. The van der Waals surface area contributed by atoms with Crippen molar-refractivity contribution in [1.29, 1.82) is 0 Å². The third-order valence-corrected chi connectivity index (χ3v) is 12.9. The second-order valence-electron chi connectivity index (χ2n) is 19.3. The molecule has 0 aliphatic heterocycles. The van der Waals surface area contributed by atoms with Crippen LogP contribution in [0.3, 0.4) is 0 Å². The van der Waals surface area contributed by atoms with Gasteiger partial charge >= 0.3 is 11.9 Å². The Hall–Kier alpha value is -2.14. The van der Waals surface area contributed by atoms with Crippen molar-refractivity contribution in [1.82, 2.24) is 0 Å². The normalized spacial score (nSPS) is 12.5. The molecule has 0 aromatic carbocycles. The van der Waals surface area contributed by atoms with Gasteiger partial charge in [0.1, 0.15) is 6.61 Å². The lowest BCUT2D eigenvalue weighted by Crippen LogP contribution is -2.28. The Bertz CT molecular complexity index is 1080. The highest BCUT2D eigenvalue weighted by atomic mass is 16.6. The molecule has 0 rings (SSSR count). The molecule has 1 N–H and O–H groups in total. The van der Waals surface area contributed by atoms with Crippen molar-refractivity contribution in [2.24, 2.45) is 0 Å². The van der Waals surface area contributed by atoms with Crippen molar-refractivity contribution in [3.63, 3.8) is 0 Å². The molecule has 0 heterocycles. The van der Waals surface area contributed by atoms with Crippen LogP contribution >= 0.6 is 0 Å². The van der Waals surface area contributed by atoms with Gasteiger partial charge in [-0.3, -0.25) is 9.59 Å². The Balaban J connectivity index is 3.37. The molecule has 0 fully saturated rings. The third kappa shape index (κ3) is 54.4. The summed E-state index contributed by atoms with van der Waals surface area (Å²) in [5.74, 6) is -0.676. The lowest BCUT2D eigenvalue weighted by Gasteiger charge is -2.15. The lowest BCUT2D eigenvalue weighted by atomic mass is 10.0. The van der Waals surface area contributed by atoms with Crippen LogP contribution in [-0.4, -0.2) is 36.4 Å². The summed E-state index contributed by atoms with van der Waals surface area (Å²) >= 11 is 0. The number of rotatable bonds is 53. The molecule has 0 aliphatic carbocycles. The van der Waals surface area contributed by atoms with Gasteiger partial charge in [-0.2, -0.15) is 0 Å². The average Bonchev–Trinajstić information content (AvgIpc) is 3.31. The summed E-state index contributed by atoms with van der Waals surface area (Å²) in [7, 11) is 0. The van der Waals surface area contributed by atoms with Crippen LogP contribution in [-0.2, 0) is 19.1 Å². The summed E-state index contributed by atoms with van der Waals surface area (Å²) in [6.45, 7) is 3.99. The predicted octanol–water partition coefficient (Wildman–Crippen LogP) is 19.3. The molecule has 0 radical (unpaired) electrons. The van der Waals surface area contributed by atoms with Crippen LogP contribution in [0.5, 0.6) is 0 Å². The molecule has 0 saturated carbocycles. The largest absolute Gasteiger partial charge is 0.462 e. The van der Waals surface area contributed by atoms with Gasteiger partial charge in [-0.1, -0.05) is 300 Å². The SMILES string of the molecule is CC/C=C\C/C=C\C/C=C\C/C=C\CCC(=O)OC(CO)COC(=O)CCCCCCCCCCCCCCCCCCCCCCCCCCCCCCCCCCCCCCCC. The molecule has 380 valence electrons. The molecule has 0 amide bonds. The summed E-state index contributed by atoms with van der Waals surface area (Å²) in [5.41, 5.74) is 0. The van der Waals surface area contributed by atoms with Crippen molar-refractivity contribution in [3.8, 4) is 0 Å². The molecule has 65 heavy (non-hydrogen) atoms. The van der Waals surface area contributed by atoms with Crippen LogP contribution < -0.4 is 0 Å². The van der Waals surface area contributed by atoms with Crippen molar-refractivity contribution in [3.05, 3.63) is 48.6 Å². The van der Waals surface area contributed by atoms with E-state index in [1.54, 1.807) is 0 Å². The number of aliphatic hydroxyl groups excluding tert-OH is 1. The second kappa shape index (κ2) is 56.2. The average molecular weight is 912 g/mol. The fraction of sp³-hybridized carbons (Fsp3) is 0.833. The Morgan fingerprint density at radius 3 is 0.969 bits per heavy atom. The van der Waals surface area contributed by atoms with E-state index in [4.69, 9.17) is 9.47 Å². The zero-order valence-electron chi connectivity index (χ0n) is 43.5. The standard InChI is InChI=1S/C60H110O5/c1-3-5-7-9-11-13-15-17-18-19-20-21-22-23-24-25-26-27-28-29-30-31-32-33-34-35-36-37-38-39-40-41-43-44-46-48-50-52-54-59(62)64-57-58(56-61)65-60(63)55-53-51-49-47-45-42-16-14-12-10-8-6-4-2/h6,8,12,14,42,45,49,51,58,61H,3-5,7,9-11,13,15-41,43-44,46-48,50,52-57H2,1-2H3/b8-6-,14-12-,45-42-,51-49-. The number of aliphatic hydroxyl groups is 1. The highest BCUT2D eigenvalue weighted by Gasteiger charge is 2.16. The molecule has 0 bridgehead atoms. The molecular weight excluding hydrogens is 801 g/mol. The Labute approximate surface area is 405 Å². The van der Waals surface area contributed by atoms with Crippen molar-refractivity contribution in [2.45, 2.75) is 309 Å². The molecule has 5 nitrogen and oxygen atoms in total. The lowest BCUT2D eigenvalue weighted by molar-refractivity contribution is -0.161. The van der Waals surface area contributed by atoms with Gasteiger partial charge in [-0.25, -0.2) is 0 Å². The summed E-state index contributed by atoms with van der Waals surface area (Å²) in [4.78, 5) is 24.3. The summed E-state index contributed by atoms with van der Waals surface area (Å²) in [5, 5.41) is 9.59. The molecule has 5 heteroatoms. The first-order valence-corrected chi connectivity index (χ1v) is 28.7. The number of carbonyl (C=O) groups is 2. The van der Waals surface area contributed by atoms with E-state index < -0.39 is 6.10 Å².